The normalized spacial score (nSPS) is 13.5. The van der Waals surface area contributed by atoms with E-state index in [2.05, 4.69) is 170 Å². The van der Waals surface area contributed by atoms with Gasteiger partial charge < -0.3 is 4.90 Å². The summed E-state index contributed by atoms with van der Waals surface area (Å²) in [7, 11) is 0. The Labute approximate surface area is 278 Å². The smallest absolute Gasteiger partial charge is 0.0546 e. The lowest BCUT2D eigenvalue weighted by Crippen LogP contribution is -2.16. The Morgan fingerprint density at radius 3 is 1.98 bits per heavy atom. The fraction of sp³-hybridized carbons (Fsp3) is 0.0667. The lowest BCUT2D eigenvalue weighted by atomic mass is 9.82. The summed E-state index contributed by atoms with van der Waals surface area (Å²) in [5.74, 6) is 0. The maximum atomic E-state index is 2.50. The van der Waals surface area contributed by atoms with Crippen LogP contribution in [0.5, 0.6) is 0 Å². The van der Waals surface area contributed by atoms with Gasteiger partial charge in [0.05, 0.1) is 5.69 Å². The first kappa shape index (κ1) is 26.7. The molecule has 0 amide bonds. The molecule has 0 unspecified atom stereocenters. The van der Waals surface area contributed by atoms with E-state index in [9.17, 15) is 0 Å². The number of thiophene rings is 1. The predicted octanol–water partition coefficient (Wildman–Crippen LogP) is 13.3. The molecule has 8 aromatic carbocycles. The van der Waals surface area contributed by atoms with Crippen LogP contribution in [-0.2, 0) is 5.41 Å². The first-order valence-electron chi connectivity index (χ1n) is 16.4. The third kappa shape index (κ3) is 3.83. The first-order valence-corrected chi connectivity index (χ1v) is 17.2. The van der Waals surface area contributed by atoms with E-state index in [4.69, 9.17) is 0 Å². The highest BCUT2D eigenvalue weighted by Crippen LogP contribution is 2.52. The number of rotatable bonds is 3. The molecule has 222 valence electrons. The second kappa shape index (κ2) is 9.78. The fourth-order valence-corrected chi connectivity index (χ4v) is 9.30. The summed E-state index contributed by atoms with van der Waals surface area (Å²) >= 11 is 1.88. The molecule has 0 bridgehead atoms. The van der Waals surface area contributed by atoms with Crippen molar-refractivity contribution in [1.82, 2.24) is 0 Å². The van der Waals surface area contributed by atoms with Crippen LogP contribution in [0.4, 0.5) is 17.1 Å². The van der Waals surface area contributed by atoms with Crippen LogP contribution in [0.1, 0.15) is 25.0 Å². The zero-order valence-electron chi connectivity index (χ0n) is 26.3. The number of fused-ring (bicyclic) bond motifs is 11. The lowest BCUT2D eigenvalue weighted by molar-refractivity contribution is 0.660. The second-order valence-corrected chi connectivity index (χ2v) is 14.4. The van der Waals surface area contributed by atoms with Crippen molar-refractivity contribution in [2.45, 2.75) is 19.3 Å². The zero-order chi connectivity index (χ0) is 31.3. The Balaban J connectivity index is 1.28. The molecule has 9 aromatic rings. The molecule has 10 rings (SSSR count). The topological polar surface area (TPSA) is 3.24 Å². The van der Waals surface area contributed by atoms with Crippen molar-refractivity contribution in [3.05, 3.63) is 163 Å². The van der Waals surface area contributed by atoms with Crippen LogP contribution in [-0.4, -0.2) is 0 Å². The Bertz CT molecular complexity index is 2730. The molecular weight excluding hydrogens is 587 g/mol. The van der Waals surface area contributed by atoms with Crippen molar-refractivity contribution in [1.29, 1.82) is 0 Å². The number of nitrogens with zero attached hydrogens (tertiary/aromatic N) is 1. The van der Waals surface area contributed by atoms with Crippen molar-refractivity contribution in [2.24, 2.45) is 0 Å². The summed E-state index contributed by atoms with van der Waals surface area (Å²) in [6.45, 7) is 4.73. The lowest BCUT2D eigenvalue weighted by Gasteiger charge is -2.29. The molecule has 0 radical (unpaired) electrons. The van der Waals surface area contributed by atoms with E-state index in [0.717, 1.165) is 0 Å². The number of benzene rings is 8. The number of anilines is 3. The molecule has 2 heteroatoms. The van der Waals surface area contributed by atoms with Gasteiger partial charge in [-0.05, 0) is 85.6 Å². The van der Waals surface area contributed by atoms with E-state index in [0.29, 0.717) is 0 Å². The van der Waals surface area contributed by atoms with Crippen molar-refractivity contribution >= 4 is 80.9 Å². The van der Waals surface area contributed by atoms with E-state index in [1.54, 1.807) is 0 Å². The van der Waals surface area contributed by atoms with E-state index in [1.165, 1.54) is 91.8 Å². The summed E-state index contributed by atoms with van der Waals surface area (Å²) in [5, 5.41) is 10.3. The van der Waals surface area contributed by atoms with Crippen LogP contribution in [0, 0.1) is 0 Å². The van der Waals surface area contributed by atoms with Gasteiger partial charge in [-0.2, -0.15) is 0 Å². The molecular formula is C45H31NS. The molecule has 0 spiro atoms. The van der Waals surface area contributed by atoms with E-state index < -0.39 is 0 Å². The zero-order valence-corrected chi connectivity index (χ0v) is 27.1. The maximum Gasteiger partial charge on any atom is 0.0546 e. The van der Waals surface area contributed by atoms with Crippen molar-refractivity contribution < 1.29 is 0 Å². The Morgan fingerprint density at radius 1 is 0.447 bits per heavy atom. The minimum atomic E-state index is -0.0899. The molecule has 1 nitrogen and oxygen atoms in total. The highest BCUT2D eigenvalue weighted by atomic mass is 32.1. The van der Waals surface area contributed by atoms with Crippen molar-refractivity contribution in [2.75, 3.05) is 4.90 Å². The van der Waals surface area contributed by atoms with Crippen molar-refractivity contribution in [3.63, 3.8) is 0 Å². The van der Waals surface area contributed by atoms with Gasteiger partial charge in [0.25, 0.3) is 0 Å². The molecule has 1 heterocycles. The summed E-state index contributed by atoms with van der Waals surface area (Å²) in [5.41, 5.74) is 8.90. The van der Waals surface area contributed by atoms with Crippen LogP contribution < -0.4 is 4.90 Å². The Morgan fingerprint density at radius 2 is 1.09 bits per heavy atom. The van der Waals surface area contributed by atoms with Gasteiger partial charge >= 0.3 is 0 Å². The van der Waals surface area contributed by atoms with Crippen LogP contribution in [0.2, 0.25) is 0 Å². The molecule has 0 atom stereocenters. The monoisotopic (exact) mass is 617 g/mol. The molecule has 1 aliphatic carbocycles. The van der Waals surface area contributed by atoms with Gasteiger partial charge in [0.2, 0.25) is 0 Å². The number of hydrogen-bond donors (Lipinski definition) is 0. The largest absolute Gasteiger partial charge is 0.310 e. The van der Waals surface area contributed by atoms with E-state index in [1.807, 2.05) is 11.3 Å². The third-order valence-electron chi connectivity index (χ3n) is 10.4. The second-order valence-electron chi connectivity index (χ2n) is 13.3. The van der Waals surface area contributed by atoms with Crippen LogP contribution in [0.3, 0.4) is 0 Å². The van der Waals surface area contributed by atoms with Gasteiger partial charge in [0.15, 0.2) is 0 Å². The summed E-state index contributed by atoms with van der Waals surface area (Å²) in [4.78, 5) is 2.50. The quantitative estimate of drug-likeness (QED) is 0.178. The van der Waals surface area contributed by atoms with Crippen molar-refractivity contribution in [3.8, 4) is 11.1 Å². The highest BCUT2D eigenvalue weighted by Gasteiger charge is 2.36. The SMILES string of the molecule is CC1(C)c2ccccc2-c2ccc(N(c3ccc4c(c3)sc3ccccc34)c3cc4ccc5ccccc5c4c4ccccc34)cc21. The molecule has 47 heavy (non-hydrogen) atoms. The van der Waals surface area contributed by atoms with Gasteiger partial charge in [0.1, 0.15) is 0 Å². The summed E-state index contributed by atoms with van der Waals surface area (Å²) in [6.07, 6.45) is 0. The van der Waals surface area contributed by atoms with E-state index >= 15 is 0 Å². The fourth-order valence-electron chi connectivity index (χ4n) is 8.16. The molecule has 0 N–H and O–H groups in total. The third-order valence-corrected chi connectivity index (χ3v) is 11.5. The first-order chi connectivity index (χ1) is 23.1. The Hall–Kier alpha value is -5.44. The van der Waals surface area contributed by atoms with Crippen LogP contribution in [0.15, 0.2) is 152 Å². The van der Waals surface area contributed by atoms with E-state index in [-0.39, 0.29) is 5.41 Å². The summed E-state index contributed by atoms with van der Waals surface area (Å²) < 4.78 is 2.63. The van der Waals surface area contributed by atoms with Crippen LogP contribution in [0.25, 0.3) is 63.6 Å². The predicted molar refractivity (Wildman–Crippen MR) is 204 cm³/mol. The van der Waals surface area contributed by atoms with Gasteiger partial charge in [-0.1, -0.05) is 129 Å². The highest BCUT2D eigenvalue weighted by molar-refractivity contribution is 7.25. The molecule has 1 aromatic heterocycles. The molecule has 1 aliphatic rings. The summed E-state index contributed by atoms with van der Waals surface area (Å²) in [6, 6.07) is 56.5. The standard InChI is InChI=1S/C45H31NS/c1-45(2)39-17-9-7-13-33(39)34-23-21-30(26-40(34)45)46(31-22-24-37-36-15-8-10-18-42(36)47-43(37)27-31)41-25-29-20-19-28-11-3-4-12-32(28)44(29)38-16-6-5-14-35(38)41/h3-27H,1-2H3. The minimum absolute atomic E-state index is 0.0899. The average Bonchev–Trinajstić information content (AvgIpc) is 3.60. The maximum absolute atomic E-state index is 2.50. The average molecular weight is 618 g/mol. The molecule has 0 aliphatic heterocycles. The van der Waals surface area contributed by atoms with Gasteiger partial charge in [0, 0.05) is 42.3 Å². The Kier molecular flexibility index (Phi) is 5.57. The molecule has 0 saturated carbocycles. The molecule has 0 saturated heterocycles. The van der Waals surface area contributed by atoms with Gasteiger partial charge in [-0.15, -0.1) is 11.3 Å². The van der Waals surface area contributed by atoms with Gasteiger partial charge in [-0.3, -0.25) is 0 Å². The minimum Gasteiger partial charge on any atom is -0.310 e. The van der Waals surface area contributed by atoms with Gasteiger partial charge in [-0.25, -0.2) is 0 Å². The number of hydrogen-bond acceptors (Lipinski definition) is 2. The molecule has 0 fully saturated rings. The van der Waals surface area contributed by atoms with Crippen LogP contribution >= 0.6 is 11.3 Å².